The standard InChI is InChI=1S/C9H13P/c1-4-9-5-7(2)10-8(3)6-9/h5-6H,4H2,1-3H3. The Kier molecular flexibility index (Phi) is 2.45. The third-order valence-corrected chi connectivity index (χ3v) is 2.51. The van der Waals surface area contributed by atoms with Crippen LogP contribution in [0, 0.1) is 13.8 Å². The van der Waals surface area contributed by atoms with Gasteiger partial charge < -0.3 is 0 Å². The lowest BCUT2D eigenvalue weighted by molar-refractivity contribution is 1.14. The van der Waals surface area contributed by atoms with Crippen molar-refractivity contribution in [1.29, 1.82) is 0 Å². The summed E-state index contributed by atoms with van der Waals surface area (Å²) in [5.41, 5.74) is 1.47. The molecule has 0 amide bonds. The van der Waals surface area contributed by atoms with E-state index in [2.05, 4.69) is 32.9 Å². The minimum atomic E-state index is 1.16. The normalized spacial score (nSPS) is 9.90. The Morgan fingerprint density at radius 2 is 1.70 bits per heavy atom. The fraction of sp³-hybridized carbons (Fsp3) is 0.444. The van der Waals surface area contributed by atoms with E-state index in [0.29, 0.717) is 0 Å². The Morgan fingerprint density at radius 1 is 1.20 bits per heavy atom. The van der Waals surface area contributed by atoms with Crippen molar-refractivity contribution in [2.75, 3.05) is 0 Å². The molecule has 54 valence electrons. The molecule has 1 rings (SSSR count). The summed E-state index contributed by atoms with van der Waals surface area (Å²) in [6.45, 7) is 6.58. The van der Waals surface area contributed by atoms with Crippen molar-refractivity contribution in [3.05, 3.63) is 28.3 Å². The minimum absolute atomic E-state index is 1.16. The van der Waals surface area contributed by atoms with Crippen LogP contribution in [0.15, 0.2) is 12.1 Å². The van der Waals surface area contributed by atoms with Gasteiger partial charge in [-0.25, -0.2) is 0 Å². The Hall–Kier alpha value is -0.350. The summed E-state index contributed by atoms with van der Waals surface area (Å²) in [6, 6.07) is 4.57. The molecule has 0 fully saturated rings. The molecule has 0 atom stereocenters. The Balaban J connectivity index is 3.06. The monoisotopic (exact) mass is 152 g/mol. The highest BCUT2D eigenvalue weighted by atomic mass is 31.0. The Labute approximate surface area is 64.4 Å². The molecule has 0 aliphatic rings. The van der Waals surface area contributed by atoms with Crippen LogP contribution in [0.5, 0.6) is 0 Å². The Morgan fingerprint density at radius 3 is 2.10 bits per heavy atom. The highest BCUT2D eigenvalue weighted by molar-refractivity contribution is 7.31. The predicted octanol–water partition coefficient (Wildman–Crippen LogP) is 3.45. The van der Waals surface area contributed by atoms with Gasteiger partial charge >= 0.3 is 0 Å². The van der Waals surface area contributed by atoms with E-state index in [-0.39, 0.29) is 0 Å². The van der Waals surface area contributed by atoms with Gasteiger partial charge in [-0.2, -0.15) is 0 Å². The molecule has 1 aromatic rings. The van der Waals surface area contributed by atoms with Crippen molar-refractivity contribution < 1.29 is 0 Å². The largest absolute Gasteiger partial charge is 0.0700 e. The first-order valence-electron chi connectivity index (χ1n) is 3.66. The number of aryl methyl sites for hydroxylation is 3. The van der Waals surface area contributed by atoms with E-state index in [1.54, 1.807) is 0 Å². The fourth-order valence-corrected chi connectivity index (χ4v) is 2.14. The van der Waals surface area contributed by atoms with Crippen LogP contribution in [0.2, 0.25) is 0 Å². The first-order chi connectivity index (χ1) is 4.72. The van der Waals surface area contributed by atoms with E-state index >= 15 is 0 Å². The molecular weight excluding hydrogens is 139 g/mol. The third-order valence-electron chi connectivity index (χ3n) is 1.55. The van der Waals surface area contributed by atoms with Gasteiger partial charge in [0.1, 0.15) is 0 Å². The first kappa shape index (κ1) is 7.75. The number of rotatable bonds is 1. The van der Waals surface area contributed by atoms with E-state index in [1.165, 1.54) is 24.3 Å². The Bertz CT molecular complexity index is 208. The molecule has 0 saturated carbocycles. The topological polar surface area (TPSA) is 0 Å². The van der Waals surface area contributed by atoms with Gasteiger partial charge in [0.25, 0.3) is 0 Å². The molecule has 1 heteroatoms. The molecule has 0 saturated heterocycles. The molecule has 10 heavy (non-hydrogen) atoms. The maximum Gasteiger partial charge on any atom is -0.0232 e. The van der Waals surface area contributed by atoms with E-state index in [9.17, 15) is 0 Å². The van der Waals surface area contributed by atoms with E-state index < -0.39 is 0 Å². The molecule has 0 aromatic carbocycles. The molecule has 1 aromatic heterocycles. The van der Waals surface area contributed by atoms with Gasteiger partial charge in [-0.1, -0.05) is 27.2 Å². The van der Waals surface area contributed by atoms with Gasteiger partial charge in [-0.3, -0.25) is 0 Å². The summed E-state index contributed by atoms with van der Waals surface area (Å²) in [5.74, 6) is 0. The van der Waals surface area contributed by atoms with Crippen LogP contribution in [0.4, 0.5) is 0 Å². The van der Waals surface area contributed by atoms with Crippen LogP contribution >= 0.6 is 8.19 Å². The highest BCUT2D eigenvalue weighted by Crippen LogP contribution is 2.20. The SMILES string of the molecule is CCc1cc(C)pc(C)c1. The van der Waals surface area contributed by atoms with Gasteiger partial charge in [0, 0.05) is 0 Å². The molecule has 0 radical (unpaired) electrons. The van der Waals surface area contributed by atoms with Crippen LogP contribution in [0.1, 0.15) is 23.1 Å². The minimum Gasteiger partial charge on any atom is -0.0700 e. The quantitative estimate of drug-likeness (QED) is 0.578. The fourth-order valence-electron chi connectivity index (χ4n) is 1.13. The molecule has 0 spiro atoms. The van der Waals surface area contributed by atoms with Crippen LogP contribution < -0.4 is 0 Å². The molecule has 0 aliphatic carbocycles. The van der Waals surface area contributed by atoms with Crippen LogP contribution in [0.3, 0.4) is 0 Å². The lowest BCUT2D eigenvalue weighted by atomic mass is 10.2. The van der Waals surface area contributed by atoms with Crippen molar-refractivity contribution in [2.24, 2.45) is 0 Å². The van der Waals surface area contributed by atoms with Gasteiger partial charge in [0.05, 0.1) is 0 Å². The van der Waals surface area contributed by atoms with Crippen molar-refractivity contribution in [3.63, 3.8) is 0 Å². The molecule has 0 unspecified atom stereocenters. The van der Waals surface area contributed by atoms with E-state index in [1.807, 2.05) is 0 Å². The summed E-state index contributed by atoms with van der Waals surface area (Å²) in [4.78, 5) is 0. The van der Waals surface area contributed by atoms with Gasteiger partial charge in [0.15, 0.2) is 0 Å². The van der Waals surface area contributed by atoms with Crippen molar-refractivity contribution in [2.45, 2.75) is 27.2 Å². The molecule has 0 nitrogen and oxygen atoms in total. The van der Waals surface area contributed by atoms with Crippen LogP contribution in [-0.2, 0) is 6.42 Å². The average molecular weight is 152 g/mol. The zero-order valence-electron chi connectivity index (χ0n) is 6.81. The zero-order valence-corrected chi connectivity index (χ0v) is 7.70. The van der Waals surface area contributed by atoms with Crippen molar-refractivity contribution in [3.8, 4) is 0 Å². The summed E-state index contributed by atoms with van der Waals surface area (Å²) in [6.07, 6.45) is 1.16. The third kappa shape index (κ3) is 1.82. The lowest BCUT2D eigenvalue weighted by Crippen LogP contribution is -1.79. The molecule has 0 aliphatic heterocycles. The second-order valence-corrected chi connectivity index (χ2v) is 4.25. The number of hydrogen-bond donors (Lipinski definition) is 0. The highest BCUT2D eigenvalue weighted by Gasteiger charge is 1.91. The average Bonchev–Trinajstić information content (AvgIpc) is 1.85. The van der Waals surface area contributed by atoms with Crippen LogP contribution in [-0.4, -0.2) is 0 Å². The lowest BCUT2D eigenvalue weighted by Gasteiger charge is -1.99. The zero-order chi connectivity index (χ0) is 7.56. The van der Waals surface area contributed by atoms with E-state index in [4.69, 9.17) is 0 Å². The maximum atomic E-state index is 2.29. The van der Waals surface area contributed by atoms with Gasteiger partial charge in [-0.15, -0.1) is 0 Å². The number of hydrogen-bond acceptors (Lipinski definition) is 0. The summed E-state index contributed by atoms with van der Waals surface area (Å²) >= 11 is 0. The van der Waals surface area contributed by atoms with Crippen molar-refractivity contribution in [1.82, 2.24) is 0 Å². The maximum absolute atomic E-state index is 2.29. The molecule has 1 heterocycles. The summed E-state index contributed by atoms with van der Waals surface area (Å²) in [5, 5.41) is 2.94. The summed E-state index contributed by atoms with van der Waals surface area (Å²) < 4.78 is 0. The predicted molar refractivity (Wildman–Crippen MR) is 47.8 cm³/mol. The second-order valence-electron chi connectivity index (χ2n) is 2.61. The first-order valence-corrected chi connectivity index (χ1v) is 4.56. The van der Waals surface area contributed by atoms with Crippen LogP contribution in [0.25, 0.3) is 0 Å². The second kappa shape index (κ2) is 3.16. The summed E-state index contributed by atoms with van der Waals surface area (Å²) in [7, 11) is 1.40. The van der Waals surface area contributed by atoms with Crippen molar-refractivity contribution >= 4 is 8.19 Å². The smallest absolute Gasteiger partial charge is 0.0232 e. The molecule has 0 bridgehead atoms. The van der Waals surface area contributed by atoms with Gasteiger partial charge in [0.2, 0.25) is 0 Å². The molecular formula is C9H13P. The van der Waals surface area contributed by atoms with E-state index in [0.717, 1.165) is 6.42 Å². The van der Waals surface area contributed by atoms with Gasteiger partial charge in [-0.05, 0) is 36.4 Å². The molecule has 0 N–H and O–H groups in total.